The maximum atomic E-state index is 13.5. The minimum atomic E-state index is -1.04. The third-order valence-corrected chi connectivity index (χ3v) is 2.01. The summed E-state index contributed by atoms with van der Waals surface area (Å²) in [5.41, 5.74) is 5.30. The third-order valence-electron chi connectivity index (χ3n) is 2.01. The highest BCUT2D eigenvalue weighted by Gasteiger charge is 2.14. The number of aromatic nitrogens is 3. The van der Waals surface area contributed by atoms with Gasteiger partial charge in [-0.05, 0) is 12.1 Å². The Morgan fingerprint density at radius 3 is 2.65 bits per heavy atom. The van der Waals surface area contributed by atoms with Crippen molar-refractivity contribution in [3.63, 3.8) is 0 Å². The van der Waals surface area contributed by atoms with Crippen molar-refractivity contribution in [3.8, 4) is 17.4 Å². The van der Waals surface area contributed by atoms with Gasteiger partial charge in [0.05, 0.1) is 12.7 Å². The smallest absolute Gasteiger partial charge is 0.321 e. The van der Waals surface area contributed by atoms with E-state index >= 15 is 0 Å². The fourth-order valence-electron chi connectivity index (χ4n) is 1.26. The van der Waals surface area contributed by atoms with Gasteiger partial charge in [-0.1, -0.05) is 6.07 Å². The summed E-state index contributed by atoms with van der Waals surface area (Å²) >= 11 is 0. The lowest BCUT2D eigenvalue weighted by atomic mass is 10.2. The van der Waals surface area contributed by atoms with Crippen molar-refractivity contribution in [2.24, 2.45) is 0 Å². The molecule has 2 rings (SSSR count). The highest BCUT2D eigenvalue weighted by Crippen LogP contribution is 2.22. The van der Waals surface area contributed by atoms with E-state index in [4.69, 9.17) is 10.5 Å². The molecule has 1 aromatic carbocycles. The second kappa shape index (κ2) is 4.28. The minimum Gasteiger partial charge on any atom is -0.467 e. The summed E-state index contributed by atoms with van der Waals surface area (Å²) in [6, 6.07) is 3.63. The van der Waals surface area contributed by atoms with Gasteiger partial charge in [-0.15, -0.1) is 0 Å². The lowest BCUT2D eigenvalue weighted by Crippen LogP contribution is -2.03. The minimum absolute atomic E-state index is 0.0591. The van der Waals surface area contributed by atoms with Crippen molar-refractivity contribution in [1.82, 2.24) is 15.0 Å². The number of hydrogen-bond donors (Lipinski definition) is 1. The SMILES string of the molecule is COc1nc(N)nc(-c2cccc(F)c2F)n1. The van der Waals surface area contributed by atoms with Crippen LogP contribution >= 0.6 is 0 Å². The predicted molar refractivity (Wildman–Crippen MR) is 56.1 cm³/mol. The number of ether oxygens (including phenoxy) is 1. The Balaban J connectivity index is 2.60. The fourth-order valence-corrected chi connectivity index (χ4v) is 1.26. The molecule has 88 valence electrons. The molecule has 0 spiro atoms. The van der Waals surface area contributed by atoms with Crippen LogP contribution in [-0.2, 0) is 0 Å². The Morgan fingerprint density at radius 2 is 1.94 bits per heavy atom. The molecule has 0 aliphatic heterocycles. The topological polar surface area (TPSA) is 73.9 Å². The van der Waals surface area contributed by atoms with Gasteiger partial charge in [0.15, 0.2) is 17.5 Å². The normalized spacial score (nSPS) is 10.3. The lowest BCUT2D eigenvalue weighted by Gasteiger charge is -2.04. The Kier molecular flexibility index (Phi) is 2.82. The highest BCUT2D eigenvalue weighted by atomic mass is 19.2. The van der Waals surface area contributed by atoms with E-state index in [0.29, 0.717) is 0 Å². The van der Waals surface area contributed by atoms with E-state index in [2.05, 4.69) is 15.0 Å². The number of methoxy groups -OCH3 is 1. The number of hydrogen-bond acceptors (Lipinski definition) is 5. The molecule has 2 aromatic rings. The van der Waals surface area contributed by atoms with Crippen LogP contribution in [0.2, 0.25) is 0 Å². The maximum Gasteiger partial charge on any atom is 0.321 e. The molecule has 0 aliphatic rings. The van der Waals surface area contributed by atoms with Crippen LogP contribution in [0.5, 0.6) is 6.01 Å². The molecule has 0 saturated heterocycles. The van der Waals surface area contributed by atoms with E-state index in [9.17, 15) is 8.78 Å². The van der Waals surface area contributed by atoms with E-state index in [1.807, 2.05) is 0 Å². The van der Waals surface area contributed by atoms with Crippen LogP contribution in [0.3, 0.4) is 0 Å². The van der Waals surface area contributed by atoms with Gasteiger partial charge >= 0.3 is 6.01 Å². The number of anilines is 1. The van der Waals surface area contributed by atoms with Crippen LogP contribution in [-0.4, -0.2) is 22.1 Å². The van der Waals surface area contributed by atoms with Gasteiger partial charge in [0, 0.05) is 0 Å². The number of nitrogens with two attached hydrogens (primary N) is 1. The molecule has 0 bridgehead atoms. The van der Waals surface area contributed by atoms with E-state index in [0.717, 1.165) is 6.07 Å². The second-order valence-corrected chi connectivity index (χ2v) is 3.11. The summed E-state index contributed by atoms with van der Waals surface area (Å²) in [6.45, 7) is 0. The van der Waals surface area contributed by atoms with E-state index in [-0.39, 0.29) is 23.3 Å². The molecule has 0 amide bonds. The van der Waals surface area contributed by atoms with E-state index in [1.165, 1.54) is 19.2 Å². The summed E-state index contributed by atoms with van der Waals surface area (Å²) in [6.07, 6.45) is 0. The number of rotatable bonds is 2. The Hall–Kier alpha value is -2.31. The average molecular weight is 238 g/mol. The van der Waals surface area contributed by atoms with Crippen molar-refractivity contribution < 1.29 is 13.5 Å². The Morgan fingerprint density at radius 1 is 1.18 bits per heavy atom. The quantitative estimate of drug-likeness (QED) is 0.856. The van der Waals surface area contributed by atoms with Crippen LogP contribution < -0.4 is 10.5 Å². The second-order valence-electron chi connectivity index (χ2n) is 3.11. The molecule has 0 unspecified atom stereocenters. The molecule has 0 fully saturated rings. The molecule has 0 saturated carbocycles. The molecule has 1 aromatic heterocycles. The summed E-state index contributed by atoms with van der Waals surface area (Å²) in [4.78, 5) is 11.2. The number of benzene rings is 1. The first-order valence-corrected chi connectivity index (χ1v) is 4.61. The average Bonchev–Trinajstić information content (AvgIpc) is 2.31. The third kappa shape index (κ3) is 2.12. The lowest BCUT2D eigenvalue weighted by molar-refractivity contribution is 0.379. The van der Waals surface area contributed by atoms with Crippen LogP contribution in [0.4, 0.5) is 14.7 Å². The summed E-state index contributed by atoms with van der Waals surface area (Å²) in [7, 11) is 1.33. The molecule has 7 heteroatoms. The zero-order valence-corrected chi connectivity index (χ0v) is 8.82. The van der Waals surface area contributed by atoms with Crippen LogP contribution in [0.25, 0.3) is 11.4 Å². The Bertz CT molecular complexity index is 562. The van der Waals surface area contributed by atoms with Gasteiger partial charge in [0.2, 0.25) is 5.95 Å². The van der Waals surface area contributed by atoms with Gasteiger partial charge in [-0.25, -0.2) is 8.78 Å². The molecule has 1 heterocycles. The molecular weight excluding hydrogens is 230 g/mol. The zero-order chi connectivity index (χ0) is 12.4. The van der Waals surface area contributed by atoms with Crippen molar-refractivity contribution in [2.75, 3.05) is 12.8 Å². The molecule has 0 radical (unpaired) electrons. The molecule has 2 N–H and O–H groups in total. The van der Waals surface area contributed by atoms with Crippen molar-refractivity contribution in [3.05, 3.63) is 29.8 Å². The van der Waals surface area contributed by atoms with Crippen LogP contribution in [0.15, 0.2) is 18.2 Å². The summed E-state index contributed by atoms with van der Waals surface area (Å²) in [5.74, 6) is -2.23. The molecular formula is C10H8F2N4O. The highest BCUT2D eigenvalue weighted by molar-refractivity contribution is 5.57. The maximum absolute atomic E-state index is 13.5. The van der Waals surface area contributed by atoms with Crippen molar-refractivity contribution >= 4 is 5.95 Å². The van der Waals surface area contributed by atoms with Gasteiger partial charge in [0.25, 0.3) is 0 Å². The molecule has 0 atom stereocenters. The van der Waals surface area contributed by atoms with Crippen LogP contribution in [0, 0.1) is 11.6 Å². The number of nitrogens with zero attached hydrogens (tertiary/aromatic N) is 3. The summed E-state index contributed by atoms with van der Waals surface area (Å²) < 4.78 is 31.3. The first kappa shape index (κ1) is 11.2. The molecule has 5 nitrogen and oxygen atoms in total. The number of halogens is 2. The van der Waals surface area contributed by atoms with E-state index in [1.54, 1.807) is 0 Å². The Labute approximate surface area is 95.3 Å². The number of nitrogen functional groups attached to an aromatic ring is 1. The largest absolute Gasteiger partial charge is 0.467 e. The zero-order valence-electron chi connectivity index (χ0n) is 8.82. The monoisotopic (exact) mass is 238 g/mol. The first-order chi connectivity index (χ1) is 8.11. The first-order valence-electron chi connectivity index (χ1n) is 4.61. The van der Waals surface area contributed by atoms with Gasteiger partial charge in [-0.2, -0.15) is 15.0 Å². The van der Waals surface area contributed by atoms with Gasteiger partial charge in [0.1, 0.15) is 0 Å². The van der Waals surface area contributed by atoms with E-state index < -0.39 is 11.6 Å². The van der Waals surface area contributed by atoms with Gasteiger partial charge in [-0.3, -0.25) is 0 Å². The summed E-state index contributed by atoms with van der Waals surface area (Å²) in [5, 5.41) is 0. The molecule has 17 heavy (non-hydrogen) atoms. The standard InChI is InChI=1S/C10H8F2N4O/c1-17-10-15-8(14-9(13)16-10)5-3-2-4-6(11)7(5)12/h2-4H,1H3,(H2,13,14,15,16). The van der Waals surface area contributed by atoms with Gasteiger partial charge < -0.3 is 10.5 Å². The van der Waals surface area contributed by atoms with Crippen molar-refractivity contribution in [2.45, 2.75) is 0 Å². The van der Waals surface area contributed by atoms with Crippen LogP contribution in [0.1, 0.15) is 0 Å². The predicted octanol–water partition coefficient (Wildman–Crippen LogP) is 1.41. The van der Waals surface area contributed by atoms with Crippen molar-refractivity contribution in [1.29, 1.82) is 0 Å². The molecule has 0 aliphatic carbocycles. The fraction of sp³-hybridized carbons (Fsp3) is 0.100.